The standard InChI is InChI=1S/C13H20ClN3OS/c1-8(2)11-12(19-17-16-11)13(18)15-7-10-5-3-4-9(10)6-14/h8-10H,3-7H2,1-2H3,(H,15,18). The summed E-state index contributed by atoms with van der Waals surface area (Å²) in [5.41, 5.74) is 0.794. The number of halogens is 1. The van der Waals surface area contributed by atoms with Gasteiger partial charge in [0.1, 0.15) is 4.88 Å². The Morgan fingerprint density at radius 2 is 2.21 bits per heavy atom. The number of carbonyl (C=O) groups is 1. The second-order valence-electron chi connectivity index (χ2n) is 5.46. The zero-order valence-corrected chi connectivity index (χ0v) is 12.9. The number of aromatic nitrogens is 2. The van der Waals surface area contributed by atoms with Crippen LogP contribution in [0, 0.1) is 11.8 Å². The lowest BCUT2D eigenvalue weighted by atomic mass is 9.98. The third-order valence-electron chi connectivity index (χ3n) is 3.81. The van der Waals surface area contributed by atoms with Gasteiger partial charge in [0.15, 0.2) is 0 Å². The maximum atomic E-state index is 12.2. The molecule has 1 aromatic rings. The summed E-state index contributed by atoms with van der Waals surface area (Å²) in [6, 6.07) is 0. The van der Waals surface area contributed by atoms with Crippen molar-refractivity contribution < 1.29 is 4.79 Å². The summed E-state index contributed by atoms with van der Waals surface area (Å²) in [6.45, 7) is 4.76. The molecule has 2 atom stereocenters. The van der Waals surface area contributed by atoms with Crippen molar-refractivity contribution in [3.8, 4) is 0 Å². The third kappa shape index (κ3) is 3.45. The molecule has 1 aliphatic carbocycles. The molecule has 1 N–H and O–H groups in total. The predicted molar refractivity (Wildman–Crippen MR) is 77.9 cm³/mol. The van der Waals surface area contributed by atoms with Crippen LogP contribution < -0.4 is 5.32 Å². The number of nitrogens with one attached hydrogen (secondary N) is 1. The Kier molecular flexibility index (Phi) is 5.16. The van der Waals surface area contributed by atoms with Crippen LogP contribution in [0.25, 0.3) is 0 Å². The Morgan fingerprint density at radius 1 is 1.47 bits per heavy atom. The Bertz CT molecular complexity index is 435. The first-order valence-electron chi connectivity index (χ1n) is 6.79. The lowest BCUT2D eigenvalue weighted by Gasteiger charge is -2.17. The van der Waals surface area contributed by atoms with E-state index in [-0.39, 0.29) is 11.8 Å². The van der Waals surface area contributed by atoms with Gasteiger partial charge >= 0.3 is 0 Å². The Hall–Kier alpha value is -0.680. The molecule has 0 saturated heterocycles. The molecule has 0 aromatic carbocycles. The molecule has 0 bridgehead atoms. The zero-order valence-electron chi connectivity index (χ0n) is 11.4. The third-order valence-corrected chi connectivity index (χ3v) is 4.94. The minimum atomic E-state index is -0.0427. The summed E-state index contributed by atoms with van der Waals surface area (Å²) in [4.78, 5) is 12.8. The van der Waals surface area contributed by atoms with Crippen LogP contribution in [0.1, 0.15) is 54.4 Å². The molecule has 1 fully saturated rings. The second-order valence-corrected chi connectivity index (χ2v) is 6.52. The first kappa shape index (κ1) is 14.7. The minimum Gasteiger partial charge on any atom is -0.351 e. The molecule has 0 spiro atoms. The van der Waals surface area contributed by atoms with E-state index < -0.39 is 0 Å². The molecule has 1 aliphatic rings. The quantitative estimate of drug-likeness (QED) is 0.851. The van der Waals surface area contributed by atoms with Crippen molar-refractivity contribution in [2.24, 2.45) is 11.8 Å². The van der Waals surface area contributed by atoms with Crippen LogP contribution in [0.15, 0.2) is 0 Å². The fourth-order valence-electron chi connectivity index (χ4n) is 2.62. The number of rotatable bonds is 5. The lowest BCUT2D eigenvalue weighted by molar-refractivity contribution is 0.0947. The highest BCUT2D eigenvalue weighted by Gasteiger charge is 2.27. The second kappa shape index (κ2) is 6.66. The van der Waals surface area contributed by atoms with Gasteiger partial charge in [-0.25, -0.2) is 0 Å². The predicted octanol–water partition coefficient (Wildman–Crippen LogP) is 3.05. The van der Waals surface area contributed by atoms with Crippen molar-refractivity contribution in [1.29, 1.82) is 0 Å². The maximum Gasteiger partial charge on any atom is 0.264 e. The summed E-state index contributed by atoms with van der Waals surface area (Å²) < 4.78 is 3.89. The van der Waals surface area contributed by atoms with Crippen LogP contribution in [0.4, 0.5) is 0 Å². The van der Waals surface area contributed by atoms with E-state index in [1.165, 1.54) is 24.4 Å². The van der Waals surface area contributed by atoms with Crippen molar-refractivity contribution in [3.63, 3.8) is 0 Å². The number of amides is 1. The highest BCUT2D eigenvalue weighted by Crippen LogP contribution is 2.32. The number of hydrogen-bond acceptors (Lipinski definition) is 4. The van der Waals surface area contributed by atoms with E-state index in [4.69, 9.17) is 11.6 Å². The SMILES string of the molecule is CC(C)c1nnsc1C(=O)NCC1CCCC1CCl. The summed E-state index contributed by atoms with van der Waals surface area (Å²) in [5.74, 6) is 1.94. The minimum absolute atomic E-state index is 0.0427. The number of hydrogen-bond donors (Lipinski definition) is 1. The molecule has 2 rings (SSSR count). The molecule has 6 heteroatoms. The van der Waals surface area contributed by atoms with Gasteiger partial charge in [0.25, 0.3) is 5.91 Å². The van der Waals surface area contributed by atoms with E-state index in [2.05, 4.69) is 14.9 Å². The van der Waals surface area contributed by atoms with Gasteiger partial charge < -0.3 is 5.32 Å². The van der Waals surface area contributed by atoms with Crippen LogP contribution in [0.2, 0.25) is 0 Å². The van der Waals surface area contributed by atoms with Crippen molar-refractivity contribution in [2.45, 2.75) is 39.0 Å². The van der Waals surface area contributed by atoms with E-state index in [0.29, 0.717) is 29.1 Å². The van der Waals surface area contributed by atoms with Gasteiger partial charge in [-0.05, 0) is 42.1 Å². The smallest absolute Gasteiger partial charge is 0.264 e. The van der Waals surface area contributed by atoms with Gasteiger partial charge in [0, 0.05) is 12.4 Å². The van der Waals surface area contributed by atoms with Crippen molar-refractivity contribution in [1.82, 2.24) is 14.9 Å². The molecule has 19 heavy (non-hydrogen) atoms. The Morgan fingerprint density at radius 3 is 2.89 bits per heavy atom. The summed E-state index contributed by atoms with van der Waals surface area (Å²) in [5, 5.41) is 7.05. The Balaban J connectivity index is 1.92. The van der Waals surface area contributed by atoms with Gasteiger partial charge in [-0.15, -0.1) is 16.7 Å². The zero-order chi connectivity index (χ0) is 13.8. The highest BCUT2D eigenvalue weighted by molar-refractivity contribution is 7.08. The number of carbonyl (C=O) groups excluding carboxylic acids is 1. The van der Waals surface area contributed by atoms with Gasteiger partial charge in [-0.2, -0.15) is 0 Å². The first-order valence-corrected chi connectivity index (χ1v) is 8.10. The number of alkyl halides is 1. The topological polar surface area (TPSA) is 54.9 Å². The molecule has 4 nitrogen and oxygen atoms in total. The summed E-state index contributed by atoms with van der Waals surface area (Å²) in [7, 11) is 0. The Labute approximate surface area is 123 Å². The van der Waals surface area contributed by atoms with Gasteiger partial charge in [0.05, 0.1) is 5.69 Å². The van der Waals surface area contributed by atoms with E-state index in [0.717, 1.165) is 12.1 Å². The highest BCUT2D eigenvalue weighted by atomic mass is 35.5. The monoisotopic (exact) mass is 301 g/mol. The summed E-state index contributed by atoms with van der Waals surface area (Å²) in [6.07, 6.45) is 3.57. The molecule has 0 radical (unpaired) electrons. The molecule has 0 aliphatic heterocycles. The molecule has 1 saturated carbocycles. The first-order chi connectivity index (χ1) is 9.13. The van der Waals surface area contributed by atoms with Crippen molar-refractivity contribution >= 4 is 29.0 Å². The molecule has 2 unspecified atom stereocenters. The molecular formula is C13H20ClN3OS. The van der Waals surface area contributed by atoms with Gasteiger partial charge in [-0.1, -0.05) is 24.8 Å². The van der Waals surface area contributed by atoms with Crippen molar-refractivity contribution in [3.05, 3.63) is 10.6 Å². The maximum absolute atomic E-state index is 12.2. The molecule has 1 heterocycles. The fraction of sp³-hybridized carbons (Fsp3) is 0.769. The molecule has 1 amide bonds. The average molecular weight is 302 g/mol. The van der Waals surface area contributed by atoms with E-state index in [9.17, 15) is 4.79 Å². The molecule has 106 valence electrons. The van der Waals surface area contributed by atoms with Crippen LogP contribution >= 0.6 is 23.1 Å². The van der Waals surface area contributed by atoms with E-state index >= 15 is 0 Å². The van der Waals surface area contributed by atoms with Crippen LogP contribution in [0.5, 0.6) is 0 Å². The van der Waals surface area contributed by atoms with Gasteiger partial charge in [0.2, 0.25) is 0 Å². The molecular weight excluding hydrogens is 282 g/mol. The van der Waals surface area contributed by atoms with Crippen LogP contribution in [0.3, 0.4) is 0 Å². The van der Waals surface area contributed by atoms with Crippen LogP contribution in [-0.2, 0) is 0 Å². The average Bonchev–Trinajstić information content (AvgIpc) is 3.04. The van der Waals surface area contributed by atoms with Crippen LogP contribution in [-0.4, -0.2) is 27.9 Å². The fourth-order valence-corrected chi connectivity index (χ4v) is 3.76. The number of nitrogens with zero attached hydrogens (tertiary/aromatic N) is 2. The normalized spacial score (nSPS) is 22.9. The lowest BCUT2D eigenvalue weighted by Crippen LogP contribution is -2.31. The largest absolute Gasteiger partial charge is 0.351 e. The van der Waals surface area contributed by atoms with E-state index in [1.807, 2.05) is 13.8 Å². The van der Waals surface area contributed by atoms with E-state index in [1.54, 1.807) is 0 Å². The van der Waals surface area contributed by atoms with Crippen molar-refractivity contribution in [2.75, 3.05) is 12.4 Å². The summed E-state index contributed by atoms with van der Waals surface area (Å²) >= 11 is 7.13. The van der Waals surface area contributed by atoms with Gasteiger partial charge in [-0.3, -0.25) is 4.79 Å². The molecule has 1 aromatic heterocycles.